The zero-order valence-electron chi connectivity index (χ0n) is 19.6. The second kappa shape index (κ2) is 6.68. The van der Waals surface area contributed by atoms with E-state index in [-0.39, 0.29) is 47.8 Å². The Labute approximate surface area is 203 Å². The van der Waals surface area contributed by atoms with E-state index in [1.165, 1.54) is 4.68 Å². The second-order valence-electron chi connectivity index (χ2n) is 12.7. The first-order chi connectivity index (χ1) is 16.8. The van der Waals surface area contributed by atoms with Crippen molar-refractivity contribution < 1.29 is 31.1 Å². The number of amides is 2. The van der Waals surface area contributed by atoms with Crippen LogP contribution in [-0.2, 0) is 6.18 Å². The van der Waals surface area contributed by atoms with Crippen LogP contribution in [-0.4, -0.2) is 75.0 Å². The zero-order chi connectivity index (χ0) is 25.4. The van der Waals surface area contributed by atoms with E-state index in [0.717, 1.165) is 25.6 Å². The minimum atomic E-state index is -4.55. The largest absolute Gasteiger partial charge is 0.453 e. The quantitative estimate of drug-likeness (QED) is 0.602. The minimum Gasteiger partial charge on any atom is -0.324 e. The Bertz CT molecular complexity index is 1070. The Morgan fingerprint density at radius 2 is 1.67 bits per heavy atom. The molecule has 8 rings (SSSR count). The molecule has 1 N–H and O–H groups in total. The van der Waals surface area contributed by atoms with Gasteiger partial charge < -0.3 is 15.1 Å². The lowest BCUT2D eigenvalue weighted by Crippen LogP contribution is -2.80. The van der Waals surface area contributed by atoms with Gasteiger partial charge in [-0.25, -0.2) is 14.5 Å². The van der Waals surface area contributed by atoms with Crippen LogP contribution in [0.1, 0.15) is 56.8 Å². The molecule has 7 aliphatic rings. The van der Waals surface area contributed by atoms with Crippen LogP contribution in [0, 0.1) is 22.2 Å². The van der Waals surface area contributed by atoms with Gasteiger partial charge in [-0.2, -0.15) is 26.3 Å². The van der Waals surface area contributed by atoms with E-state index in [0.29, 0.717) is 44.9 Å². The summed E-state index contributed by atoms with van der Waals surface area (Å²) in [7, 11) is 0. The third kappa shape index (κ3) is 3.19. The molecule has 2 aliphatic heterocycles. The lowest BCUT2D eigenvalue weighted by molar-refractivity contribution is -0.226. The van der Waals surface area contributed by atoms with Gasteiger partial charge in [-0.1, -0.05) is 0 Å². The molecule has 5 aliphatic carbocycles. The number of carbonyl (C=O) groups is 1. The molecule has 2 amide bonds. The van der Waals surface area contributed by atoms with Crippen LogP contribution in [0.15, 0.2) is 6.33 Å². The van der Waals surface area contributed by atoms with Crippen LogP contribution in [0.5, 0.6) is 0 Å². The number of rotatable bonds is 5. The highest BCUT2D eigenvalue weighted by Gasteiger charge is 2.73. The van der Waals surface area contributed by atoms with Crippen molar-refractivity contribution in [3.8, 4) is 0 Å². The summed E-state index contributed by atoms with van der Waals surface area (Å²) in [6.45, 7) is 2.66. The molecule has 0 unspecified atom stereocenters. The maximum atomic E-state index is 13.2. The summed E-state index contributed by atoms with van der Waals surface area (Å²) < 4.78 is 79.0. The number of aromatic nitrogens is 3. The lowest BCUT2D eigenvalue weighted by Gasteiger charge is -2.76. The third-order valence-electron chi connectivity index (χ3n) is 10.1. The Morgan fingerprint density at radius 1 is 1.03 bits per heavy atom. The Hall–Kier alpha value is -2.05. The molecule has 0 radical (unpaired) electrons. The van der Waals surface area contributed by atoms with E-state index in [9.17, 15) is 31.1 Å². The molecule has 2 bridgehead atoms. The molecule has 1 aromatic rings. The molecule has 198 valence electrons. The van der Waals surface area contributed by atoms with Gasteiger partial charge in [-0.15, -0.1) is 5.10 Å². The fourth-order valence-electron chi connectivity index (χ4n) is 7.64. The van der Waals surface area contributed by atoms with Crippen molar-refractivity contribution in [3.05, 3.63) is 12.2 Å². The molecule has 2 saturated heterocycles. The van der Waals surface area contributed by atoms with E-state index in [1.54, 1.807) is 0 Å². The smallest absolute Gasteiger partial charge is 0.324 e. The van der Waals surface area contributed by atoms with Crippen LogP contribution in [0.2, 0.25) is 0 Å². The first-order valence-electron chi connectivity index (χ1n) is 12.6. The van der Waals surface area contributed by atoms with Crippen LogP contribution in [0.25, 0.3) is 0 Å². The fourth-order valence-corrected chi connectivity index (χ4v) is 7.64. The molecule has 5 saturated carbocycles. The highest BCUT2D eigenvalue weighted by molar-refractivity contribution is 5.76. The average Bonchev–Trinajstić information content (AvgIpc) is 3.26. The average molecular weight is 519 g/mol. The summed E-state index contributed by atoms with van der Waals surface area (Å²) in [5, 5.41) is 6.80. The van der Waals surface area contributed by atoms with Gasteiger partial charge in [0.15, 0.2) is 0 Å². The van der Waals surface area contributed by atoms with Crippen molar-refractivity contribution >= 4 is 6.03 Å². The SMILES string of the molecule is O=C(N1CC(C23CC(NCC4(C(F)(F)F)CC4)(C2)C3)C1)N1CC2(CC(n3cnc(C(F)(F)F)n3)C2)C1. The van der Waals surface area contributed by atoms with Gasteiger partial charge in [0.05, 0.1) is 11.5 Å². The van der Waals surface area contributed by atoms with Gasteiger partial charge in [-0.3, -0.25) is 0 Å². The molecular weight excluding hydrogens is 490 g/mol. The van der Waals surface area contributed by atoms with E-state index in [1.807, 2.05) is 9.80 Å². The molecule has 1 spiro atoms. The summed E-state index contributed by atoms with van der Waals surface area (Å²) in [6, 6.07) is -0.101. The predicted molar refractivity (Wildman–Crippen MR) is 112 cm³/mol. The van der Waals surface area contributed by atoms with Crippen LogP contribution in [0.4, 0.5) is 31.1 Å². The molecule has 13 heteroatoms. The van der Waals surface area contributed by atoms with Crippen molar-refractivity contribution in [1.29, 1.82) is 0 Å². The Morgan fingerprint density at radius 3 is 2.19 bits per heavy atom. The number of likely N-dealkylation sites (tertiary alicyclic amines) is 2. The number of hydrogen-bond acceptors (Lipinski definition) is 4. The molecule has 3 heterocycles. The van der Waals surface area contributed by atoms with E-state index in [2.05, 4.69) is 15.4 Å². The van der Waals surface area contributed by atoms with Crippen molar-refractivity contribution in [3.63, 3.8) is 0 Å². The van der Waals surface area contributed by atoms with Gasteiger partial charge in [0, 0.05) is 49.6 Å². The molecule has 0 aromatic carbocycles. The first kappa shape index (κ1) is 23.1. The van der Waals surface area contributed by atoms with Crippen molar-refractivity contribution in [2.75, 3.05) is 32.7 Å². The van der Waals surface area contributed by atoms with E-state index < -0.39 is 23.6 Å². The summed E-state index contributed by atoms with van der Waals surface area (Å²) >= 11 is 0. The van der Waals surface area contributed by atoms with Gasteiger partial charge >= 0.3 is 18.4 Å². The van der Waals surface area contributed by atoms with E-state index in [4.69, 9.17) is 0 Å². The van der Waals surface area contributed by atoms with Crippen LogP contribution >= 0.6 is 0 Å². The molecule has 0 atom stereocenters. The molecule has 36 heavy (non-hydrogen) atoms. The van der Waals surface area contributed by atoms with Crippen molar-refractivity contribution in [2.45, 2.75) is 68.9 Å². The Balaban J connectivity index is 0.836. The van der Waals surface area contributed by atoms with Gasteiger partial charge in [0.1, 0.15) is 6.33 Å². The fraction of sp³-hybridized carbons (Fsp3) is 0.870. The lowest BCUT2D eigenvalue weighted by atomic mass is 9.35. The molecular formula is C23H28F6N6O. The summed E-state index contributed by atoms with van der Waals surface area (Å²) in [4.78, 5) is 19.9. The number of nitrogens with one attached hydrogen (secondary N) is 1. The standard InChI is InChI=1S/C23H28F6N6O/c24-22(25,26)16-30-13-35(32-16)15-3-18(4-15)11-34(12-18)17(36)33-5-14(6-33)19-7-21(8-19,9-19)31-10-20(1-2-20)23(27,28)29/h13-15,31H,1-12H2. The Kier molecular flexibility index (Phi) is 4.29. The highest BCUT2D eigenvalue weighted by Crippen LogP contribution is 2.72. The number of urea groups is 1. The van der Waals surface area contributed by atoms with Crippen molar-refractivity contribution in [1.82, 2.24) is 29.9 Å². The van der Waals surface area contributed by atoms with Gasteiger partial charge in [0.25, 0.3) is 5.82 Å². The third-order valence-corrected chi connectivity index (χ3v) is 10.1. The number of halogens is 6. The maximum Gasteiger partial charge on any atom is 0.453 e. The highest BCUT2D eigenvalue weighted by atomic mass is 19.4. The summed E-state index contributed by atoms with van der Waals surface area (Å²) in [6.07, 6.45) is -2.99. The summed E-state index contributed by atoms with van der Waals surface area (Å²) in [5.74, 6) is -0.708. The number of carbonyl (C=O) groups excluding carboxylic acids is 1. The first-order valence-corrected chi connectivity index (χ1v) is 12.6. The zero-order valence-corrected chi connectivity index (χ0v) is 19.6. The van der Waals surface area contributed by atoms with Gasteiger partial charge in [-0.05, 0) is 50.4 Å². The van der Waals surface area contributed by atoms with Crippen LogP contribution < -0.4 is 5.32 Å². The summed E-state index contributed by atoms with van der Waals surface area (Å²) in [5.41, 5.74) is -1.48. The van der Waals surface area contributed by atoms with E-state index >= 15 is 0 Å². The number of alkyl halides is 6. The monoisotopic (exact) mass is 518 g/mol. The topological polar surface area (TPSA) is 66.3 Å². The van der Waals surface area contributed by atoms with Gasteiger partial charge in [0.2, 0.25) is 0 Å². The number of hydrogen-bond donors (Lipinski definition) is 1. The minimum absolute atomic E-state index is 0.0146. The maximum absolute atomic E-state index is 13.2. The molecule has 7 fully saturated rings. The second-order valence-corrected chi connectivity index (χ2v) is 12.7. The van der Waals surface area contributed by atoms with Crippen molar-refractivity contribution in [2.24, 2.45) is 22.2 Å². The molecule has 7 nitrogen and oxygen atoms in total. The predicted octanol–water partition coefficient (Wildman–Crippen LogP) is 3.84. The van der Waals surface area contributed by atoms with Crippen LogP contribution in [0.3, 0.4) is 0 Å². The normalized spacial score (nSPS) is 34.4. The molecule has 1 aromatic heterocycles. The number of nitrogens with zero attached hydrogens (tertiary/aromatic N) is 5.